The summed E-state index contributed by atoms with van der Waals surface area (Å²) in [6.07, 6.45) is 0. The molecule has 1 aromatic carbocycles. The van der Waals surface area contributed by atoms with E-state index in [2.05, 4.69) is 5.32 Å². The van der Waals surface area contributed by atoms with E-state index >= 15 is 0 Å². The number of carboxylic acids is 1. The van der Waals surface area contributed by atoms with Gasteiger partial charge in [0.05, 0.1) is 7.11 Å². The summed E-state index contributed by atoms with van der Waals surface area (Å²) in [5.41, 5.74) is 3.16. The predicted molar refractivity (Wildman–Crippen MR) is 114 cm³/mol. The normalized spacial score (nSPS) is 25.9. The number of β-lactam (4-membered cyclic amide) rings is 1. The molecular weight excluding hydrogens is 479 g/mol. The Hall–Kier alpha value is -2.80. The van der Waals surface area contributed by atoms with Crippen molar-refractivity contribution in [2.45, 2.75) is 61.6 Å². The molecule has 0 aliphatic carbocycles. The minimum Gasteiger partial charge on any atom is -0.480 e. The first-order valence-electron chi connectivity index (χ1n) is 10.1. The summed E-state index contributed by atoms with van der Waals surface area (Å²) >= 11 is 1.00. The molecule has 0 radical (unpaired) electrons. The van der Waals surface area contributed by atoms with Gasteiger partial charge in [0.15, 0.2) is 0 Å². The number of esters is 1. The number of fused-ring (bicyclic) bond motifs is 1. The number of carboxylic acid groups (broad SMARTS) is 1. The average molecular weight is 503 g/mol. The monoisotopic (exact) mass is 503 g/mol. The highest BCUT2D eigenvalue weighted by Gasteiger charge is 2.76. The molecule has 3 rings (SSSR count). The van der Waals surface area contributed by atoms with Gasteiger partial charge in [0, 0.05) is 4.75 Å². The van der Waals surface area contributed by atoms with Gasteiger partial charge in [-0.1, -0.05) is 12.1 Å². The van der Waals surface area contributed by atoms with Crippen molar-refractivity contribution in [3.63, 3.8) is 0 Å². The fourth-order valence-corrected chi connectivity index (χ4v) is 6.09. The van der Waals surface area contributed by atoms with Crippen molar-refractivity contribution in [3.05, 3.63) is 34.4 Å². The van der Waals surface area contributed by atoms with Crippen LogP contribution < -0.4 is 11.1 Å². The first kappa shape index (κ1) is 25.8. The van der Waals surface area contributed by atoms with Crippen LogP contribution in [0.4, 0.5) is 13.2 Å². The average Bonchev–Trinajstić information content (AvgIpc) is 3.08. The van der Waals surface area contributed by atoms with Crippen molar-refractivity contribution in [1.29, 1.82) is 0 Å². The number of carbonyl (C=O) groups excluding carboxylic acids is 3. The Labute approximate surface area is 197 Å². The largest absolute Gasteiger partial charge is 0.480 e. The van der Waals surface area contributed by atoms with Gasteiger partial charge in [-0.2, -0.15) is 0 Å². The fraction of sp³-hybridized carbons (Fsp3) is 0.524. The van der Waals surface area contributed by atoms with Gasteiger partial charge < -0.3 is 25.8 Å². The first-order valence-corrected chi connectivity index (χ1v) is 11.0. The Morgan fingerprint density at radius 1 is 1.21 bits per heavy atom. The predicted octanol–water partition coefficient (Wildman–Crippen LogP) is 1.27. The molecule has 2 fully saturated rings. The lowest BCUT2D eigenvalue weighted by atomic mass is 9.83. The first-order chi connectivity index (χ1) is 15.9. The third-order valence-electron chi connectivity index (χ3n) is 6.13. The Morgan fingerprint density at radius 2 is 1.76 bits per heavy atom. The molecule has 34 heavy (non-hydrogen) atoms. The second-order valence-corrected chi connectivity index (χ2v) is 10.2. The SMILES string of the molecule is COC(=O)C1(NC(=O)C(N)c2cc(CF)c(CF)c(CF)c2)C(=O)N2[C@@H](C(=O)O)C(C)(C)S[C@@H]21. The molecule has 2 heterocycles. The molecule has 2 aliphatic rings. The minimum absolute atomic E-state index is 0.0542. The van der Waals surface area contributed by atoms with Crippen LogP contribution in [0.5, 0.6) is 0 Å². The lowest BCUT2D eigenvalue weighted by Crippen LogP contribution is -2.83. The van der Waals surface area contributed by atoms with Crippen LogP contribution in [-0.4, -0.2) is 62.6 Å². The smallest absolute Gasteiger partial charge is 0.344 e. The van der Waals surface area contributed by atoms with Gasteiger partial charge in [0.25, 0.3) is 5.91 Å². The summed E-state index contributed by atoms with van der Waals surface area (Å²) in [6, 6.07) is -0.606. The quantitative estimate of drug-likeness (QED) is 0.274. The van der Waals surface area contributed by atoms with Crippen LogP contribution in [0.15, 0.2) is 12.1 Å². The van der Waals surface area contributed by atoms with Crippen molar-refractivity contribution in [2.24, 2.45) is 5.73 Å². The summed E-state index contributed by atoms with van der Waals surface area (Å²) in [4.78, 5) is 51.6. The van der Waals surface area contributed by atoms with E-state index in [9.17, 15) is 37.5 Å². The van der Waals surface area contributed by atoms with Crippen LogP contribution in [0.25, 0.3) is 0 Å². The molecule has 2 aliphatic heterocycles. The molecule has 4 atom stereocenters. The molecule has 1 aromatic rings. The van der Waals surface area contributed by atoms with Crippen LogP contribution in [0, 0.1) is 0 Å². The van der Waals surface area contributed by atoms with Crippen LogP contribution in [-0.2, 0) is 43.9 Å². The molecule has 2 amide bonds. The zero-order valence-corrected chi connectivity index (χ0v) is 19.4. The van der Waals surface area contributed by atoms with E-state index in [0.29, 0.717) is 0 Å². The number of alkyl halides is 3. The van der Waals surface area contributed by atoms with Gasteiger partial charge >= 0.3 is 11.9 Å². The number of halogens is 3. The summed E-state index contributed by atoms with van der Waals surface area (Å²) in [5, 5.41) is 10.8. The van der Waals surface area contributed by atoms with E-state index in [4.69, 9.17) is 10.5 Å². The van der Waals surface area contributed by atoms with Gasteiger partial charge in [-0.05, 0) is 36.1 Å². The number of amides is 2. The van der Waals surface area contributed by atoms with Crippen LogP contribution in [0.1, 0.15) is 42.1 Å². The number of hydrogen-bond acceptors (Lipinski definition) is 7. The molecule has 186 valence electrons. The van der Waals surface area contributed by atoms with Crippen molar-refractivity contribution < 1.29 is 42.2 Å². The molecule has 2 saturated heterocycles. The second kappa shape index (κ2) is 9.10. The summed E-state index contributed by atoms with van der Waals surface area (Å²) in [7, 11) is 1.00. The lowest BCUT2D eigenvalue weighted by molar-refractivity contribution is -0.180. The molecule has 0 aromatic heterocycles. The Balaban J connectivity index is 1.97. The zero-order chi connectivity index (χ0) is 25.6. The maximum Gasteiger partial charge on any atom is 0.344 e. The van der Waals surface area contributed by atoms with Crippen LogP contribution in [0.2, 0.25) is 0 Å². The van der Waals surface area contributed by atoms with E-state index in [1.54, 1.807) is 13.8 Å². The Bertz CT molecular complexity index is 1030. The number of thioether (sulfide) groups is 1. The number of rotatable bonds is 8. The highest BCUT2D eigenvalue weighted by Crippen LogP contribution is 2.55. The topological polar surface area (TPSA) is 139 Å². The number of hydrogen-bond donors (Lipinski definition) is 3. The van der Waals surface area contributed by atoms with Gasteiger partial charge in [0.1, 0.15) is 37.5 Å². The Morgan fingerprint density at radius 3 is 2.21 bits per heavy atom. The number of carbonyl (C=O) groups is 4. The molecule has 0 saturated carbocycles. The Kier molecular flexibility index (Phi) is 6.91. The summed E-state index contributed by atoms with van der Waals surface area (Å²) in [6.45, 7) is -0.200. The van der Waals surface area contributed by atoms with E-state index in [1.807, 2.05) is 0 Å². The van der Waals surface area contributed by atoms with Crippen molar-refractivity contribution in [3.8, 4) is 0 Å². The molecule has 0 bridgehead atoms. The van der Waals surface area contributed by atoms with Gasteiger partial charge in [-0.15, -0.1) is 11.8 Å². The standard InChI is InChI=1S/C21H24F3N3O6S/c1-20(2)14(16(29)30)27-17(31)21(18(27)34-20,19(32)33-3)26-15(28)13(25)9-4-10(6-22)12(8-24)11(5-9)7-23/h4-5,13-14,18H,6-8,25H2,1-3H3,(H,26,28)(H,29,30)/t13?,14-,18+,21?/m0/s1. The van der Waals surface area contributed by atoms with Crippen LogP contribution in [0.3, 0.4) is 0 Å². The number of nitrogens with two attached hydrogens (primary N) is 1. The van der Waals surface area contributed by atoms with Crippen molar-refractivity contribution in [2.75, 3.05) is 7.11 Å². The summed E-state index contributed by atoms with van der Waals surface area (Å²) < 4.78 is 43.8. The fourth-order valence-electron chi connectivity index (χ4n) is 4.41. The molecule has 13 heteroatoms. The molecule has 0 spiro atoms. The number of aliphatic carboxylic acids is 1. The van der Waals surface area contributed by atoms with Crippen molar-refractivity contribution >= 4 is 35.5 Å². The highest BCUT2D eigenvalue weighted by molar-refractivity contribution is 8.01. The van der Waals surface area contributed by atoms with Crippen molar-refractivity contribution in [1.82, 2.24) is 10.2 Å². The second-order valence-electron chi connectivity index (χ2n) is 8.51. The maximum atomic E-state index is 13.4. The highest BCUT2D eigenvalue weighted by atomic mass is 32.2. The van der Waals surface area contributed by atoms with E-state index in [-0.39, 0.29) is 22.3 Å². The molecule has 9 nitrogen and oxygen atoms in total. The third-order valence-corrected chi connectivity index (χ3v) is 7.76. The van der Waals surface area contributed by atoms with Gasteiger partial charge in [-0.3, -0.25) is 9.59 Å². The van der Waals surface area contributed by atoms with Crippen LogP contribution >= 0.6 is 11.8 Å². The molecule has 2 unspecified atom stereocenters. The van der Waals surface area contributed by atoms with E-state index < -0.39 is 71.5 Å². The number of ether oxygens (including phenoxy) is 1. The minimum atomic E-state index is -2.24. The number of methoxy groups -OCH3 is 1. The van der Waals surface area contributed by atoms with E-state index in [1.165, 1.54) is 0 Å². The van der Waals surface area contributed by atoms with Gasteiger partial charge in [-0.25, -0.2) is 22.8 Å². The summed E-state index contributed by atoms with van der Waals surface area (Å²) in [5.74, 6) is -4.41. The number of benzene rings is 1. The lowest BCUT2D eigenvalue weighted by Gasteiger charge is -2.50. The third kappa shape index (κ3) is 3.70. The molecular formula is C21H24F3N3O6S. The number of nitrogens with one attached hydrogen (secondary N) is 1. The maximum absolute atomic E-state index is 13.4. The van der Waals surface area contributed by atoms with Gasteiger partial charge in [0.2, 0.25) is 11.4 Å². The molecule has 4 N–H and O–H groups in total. The number of nitrogens with zero attached hydrogens (tertiary/aromatic N) is 1. The zero-order valence-electron chi connectivity index (χ0n) is 18.6. The van der Waals surface area contributed by atoms with E-state index in [0.717, 1.165) is 35.9 Å².